The van der Waals surface area contributed by atoms with E-state index in [1.54, 1.807) is 6.07 Å². The molecule has 1 saturated heterocycles. The lowest BCUT2D eigenvalue weighted by Crippen LogP contribution is -2.48. The Bertz CT molecular complexity index is 713. The van der Waals surface area contributed by atoms with Crippen molar-refractivity contribution in [2.75, 3.05) is 31.1 Å². The molecule has 1 amide bonds. The maximum atomic E-state index is 12.5. The van der Waals surface area contributed by atoms with Crippen LogP contribution in [0.4, 0.5) is 5.69 Å². The SMILES string of the molecule is Cc1ccc(Cl)cc1N1CCN(C(=O)c2coc(CN)c2)CC1.Cl.Cl. The van der Waals surface area contributed by atoms with E-state index in [2.05, 4.69) is 11.8 Å². The molecule has 1 aliphatic heterocycles. The second-order valence-corrected chi connectivity index (χ2v) is 6.15. The van der Waals surface area contributed by atoms with Crippen LogP contribution < -0.4 is 10.6 Å². The van der Waals surface area contributed by atoms with E-state index in [1.165, 1.54) is 11.8 Å². The summed E-state index contributed by atoms with van der Waals surface area (Å²) in [5, 5.41) is 0.733. The van der Waals surface area contributed by atoms with Crippen molar-refractivity contribution in [3.05, 3.63) is 52.4 Å². The zero-order valence-electron chi connectivity index (χ0n) is 13.9. The van der Waals surface area contributed by atoms with E-state index >= 15 is 0 Å². The van der Waals surface area contributed by atoms with E-state index in [9.17, 15) is 4.79 Å². The highest BCUT2D eigenvalue weighted by atomic mass is 35.5. The maximum Gasteiger partial charge on any atom is 0.257 e. The van der Waals surface area contributed by atoms with Gasteiger partial charge in [0.25, 0.3) is 5.91 Å². The van der Waals surface area contributed by atoms with Crippen LogP contribution >= 0.6 is 36.4 Å². The summed E-state index contributed by atoms with van der Waals surface area (Å²) >= 11 is 6.10. The molecule has 3 rings (SSSR count). The largest absolute Gasteiger partial charge is 0.467 e. The number of hydrogen-bond donors (Lipinski definition) is 1. The Labute approximate surface area is 164 Å². The number of anilines is 1. The fourth-order valence-electron chi connectivity index (χ4n) is 2.86. The number of carbonyl (C=O) groups excluding carboxylic acids is 1. The first-order valence-electron chi connectivity index (χ1n) is 7.66. The average molecular weight is 407 g/mol. The fourth-order valence-corrected chi connectivity index (χ4v) is 3.02. The molecule has 2 N–H and O–H groups in total. The van der Waals surface area contributed by atoms with Gasteiger partial charge in [0.05, 0.1) is 12.1 Å². The van der Waals surface area contributed by atoms with Gasteiger partial charge >= 0.3 is 0 Å². The Morgan fingerprint density at radius 3 is 2.48 bits per heavy atom. The van der Waals surface area contributed by atoms with Gasteiger partial charge in [-0.1, -0.05) is 17.7 Å². The molecule has 138 valence electrons. The smallest absolute Gasteiger partial charge is 0.257 e. The van der Waals surface area contributed by atoms with Crippen molar-refractivity contribution < 1.29 is 9.21 Å². The number of halogens is 3. The number of carbonyl (C=O) groups is 1. The molecule has 0 radical (unpaired) electrons. The second-order valence-electron chi connectivity index (χ2n) is 5.72. The zero-order chi connectivity index (χ0) is 16.4. The summed E-state index contributed by atoms with van der Waals surface area (Å²) in [4.78, 5) is 16.6. The number of nitrogens with zero attached hydrogens (tertiary/aromatic N) is 2. The summed E-state index contributed by atoms with van der Waals surface area (Å²) in [6.45, 7) is 5.29. The molecule has 5 nitrogen and oxygen atoms in total. The summed E-state index contributed by atoms with van der Waals surface area (Å²) in [5.74, 6) is 0.623. The minimum absolute atomic E-state index is 0. The van der Waals surface area contributed by atoms with E-state index < -0.39 is 0 Å². The van der Waals surface area contributed by atoms with Crippen LogP contribution in [0.3, 0.4) is 0 Å². The average Bonchev–Trinajstić information content (AvgIpc) is 3.06. The lowest BCUT2D eigenvalue weighted by molar-refractivity contribution is 0.0746. The molecule has 25 heavy (non-hydrogen) atoms. The van der Waals surface area contributed by atoms with E-state index in [0.717, 1.165) is 23.8 Å². The van der Waals surface area contributed by atoms with Crippen LogP contribution in [-0.4, -0.2) is 37.0 Å². The van der Waals surface area contributed by atoms with Gasteiger partial charge in [-0.05, 0) is 30.7 Å². The maximum absolute atomic E-state index is 12.5. The summed E-state index contributed by atoms with van der Waals surface area (Å²) in [7, 11) is 0. The molecular weight excluding hydrogens is 385 g/mol. The minimum atomic E-state index is -0.00378. The summed E-state index contributed by atoms with van der Waals surface area (Å²) in [6.07, 6.45) is 1.48. The molecule has 0 spiro atoms. The van der Waals surface area contributed by atoms with Gasteiger partial charge < -0.3 is 20.0 Å². The number of furan rings is 1. The number of hydrogen-bond acceptors (Lipinski definition) is 4. The Morgan fingerprint density at radius 2 is 1.88 bits per heavy atom. The molecule has 0 bridgehead atoms. The molecule has 0 aliphatic carbocycles. The number of piperazine rings is 1. The molecule has 1 aromatic carbocycles. The predicted octanol–water partition coefficient (Wildman–Crippen LogP) is 3.51. The minimum Gasteiger partial charge on any atom is -0.467 e. The van der Waals surface area contributed by atoms with E-state index in [4.69, 9.17) is 21.8 Å². The first-order valence-corrected chi connectivity index (χ1v) is 8.04. The van der Waals surface area contributed by atoms with Gasteiger partial charge in [-0.25, -0.2) is 0 Å². The molecule has 0 atom stereocenters. The van der Waals surface area contributed by atoms with E-state index in [1.807, 2.05) is 23.1 Å². The van der Waals surface area contributed by atoms with Crippen molar-refractivity contribution >= 4 is 48.0 Å². The molecule has 2 aromatic rings. The Kier molecular flexibility index (Phi) is 8.09. The first-order chi connectivity index (χ1) is 11.1. The third-order valence-electron chi connectivity index (χ3n) is 4.18. The highest BCUT2D eigenvalue weighted by Gasteiger charge is 2.24. The van der Waals surface area contributed by atoms with Crippen molar-refractivity contribution in [2.24, 2.45) is 5.73 Å². The molecule has 0 saturated carbocycles. The van der Waals surface area contributed by atoms with E-state index in [0.29, 0.717) is 31.0 Å². The lowest BCUT2D eigenvalue weighted by Gasteiger charge is -2.36. The van der Waals surface area contributed by atoms with Crippen LogP contribution in [0.1, 0.15) is 21.7 Å². The summed E-state index contributed by atoms with van der Waals surface area (Å²) < 4.78 is 5.25. The molecule has 8 heteroatoms. The molecule has 1 fully saturated rings. The third kappa shape index (κ3) is 4.82. The number of nitrogens with two attached hydrogens (primary N) is 1. The monoisotopic (exact) mass is 405 g/mol. The highest BCUT2D eigenvalue weighted by Crippen LogP contribution is 2.25. The van der Waals surface area contributed by atoms with Crippen LogP contribution in [0.15, 0.2) is 34.9 Å². The molecule has 2 heterocycles. The van der Waals surface area contributed by atoms with Gasteiger partial charge in [-0.2, -0.15) is 0 Å². The van der Waals surface area contributed by atoms with E-state index in [-0.39, 0.29) is 30.7 Å². The first kappa shape index (κ1) is 21.6. The fraction of sp³-hybridized carbons (Fsp3) is 0.353. The zero-order valence-corrected chi connectivity index (χ0v) is 16.3. The standard InChI is InChI=1S/C17H20ClN3O2.2ClH/c1-12-2-3-14(18)9-16(12)20-4-6-21(7-5-20)17(22)13-8-15(10-19)23-11-13;;/h2-3,8-9,11H,4-7,10,19H2,1H3;2*1H. The summed E-state index contributed by atoms with van der Waals surface area (Å²) in [6, 6.07) is 7.62. The van der Waals surface area contributed by atoms with Gasteiger partial charge in [-0.15, -0.1) is 24.8 Å². The van der Waals surface area contributed by atoms with Crippen molar-refractivity contribution in [3.8, 4) is 0 Å². The molecule has 1 aromatic heterocycles. The van der Waals surface area contributed by atoms with Crippen molar-refractivity contribution in [1.29, 1.82) is 0 Å². The van der Waals surface area contributed by atoms with Gasteiger partial charge in [0, 0.05) is 36.9 Å². The third-order valence-corrected chi connectivity index (χ3v) is 4.42. The Balaban J connectivity index is 0.00000156. The predicted molar refractivity (Wildman–Crippen MR) is 105 cm³/mol. The molecule has 0 unspecified atom stereocenters. The number of amides is 1. The van der Waals surface area contributed by atoms with Crippen LogP contribution in [0, 0.1) is 6.92 Å². The van der Waals surface area contributed by atoms with Crippen molar-refractivity contribution in [3.63, 3.8) is 0 Å². The number of rotatable bonds is 3. The van der Waals surface area contributed by atoms with Gasteiger partial charge in [0.2, 0.25) is 0 Å². The molecular formula is C17H22Cl3N3O2. The Hall–Kier alpha value is -1.40. The van der Waals surface area contributed by atoms with Gasteiger partial charge in [0.15, 0.2) is 0 Å². The van der Waals surface area contributed by atoms with Crippen molar-refractivity contribution in [1.82, 2.24) is 4.90 Å². The normalized spacial score (nSPS) is 13.9. The van der Waals surface area contributed by atoms with Crippen LogP contribution in [0.2, 0.25) is 5.02 Å². The van der Waals surface area contributed by atoms with Crippen LogP contribution in [-0.2, 0) is 6.54 Å². The lowest BCUT2D eigenvalue weighted by atomic mass is 10.1. The van der Waals surface area contributed by atoms with Gasteiger partial charge in [0.1, 0.15) is 12.0 Å². The topological polar surface area (TPSA) is 62.7 Å². The van der Waals surface area contributed by atoms with Gasteiger partial charge in [-0.3, -0.25) is 4.79 Å². The summed E-state index contributed by atoms with van der Waals surface area (Å²) in [5.41, 5.74) is 8.41. The van der Waals surface area contributed by atoms with Crippen LogP contribution in [0.5, 0.6) is 0 Å². The number of benzene rings is 1. The number of aryl methyl sites for hydroxylation is 1. The van der Waals surface area contributed by atoms with Crippen LogP contribution in [0.25, 0.3) is 0 Å². The quantitative estimate of drug-likeness (QED) is 0.847. The second kappa shape index (κ2) is 9.34. The molecule has 1 aliphatic rings. The highest BCUT2D eigenvalue weighted by molar-refractivity contribution is 6.30. The van der Waals surface area contributed by atoms with Crippen molar-refractivity contribution in [2.45, 2.75) is 13.5 Å². The Morgan fingerprint density at radius 1 is 1.20 bits per heavy atom.